The lowest BCUT2D eigenvalue weighted by atomic mass is 9.87. The van der Waals surface area contributed by atoms with Gasteiger partial charge in [-0.25, -0.2) is 4.39 Å². The minimum absolute atomic E-state index is 0.0529. The predicted molar refractivity (Wildman–Crippen MR) is 104 cm³/mol. The number of likely N-dealkylation sites (tertiary alicyclic amines) is 2. The third-order valence-corrected chi connectivity index (χ3v) is 6.87. The third kappa shape index (κ3) is 4.01. The number of ether oxygens (including phenoxy) is 1. The van der Waals surface area contributed by atoms with E-state index in [1.165, 1.54) is 37.8 Å². The van der Waals surface area contributed by atoms with Crippen LogP contribution in [0.2, 0.25) is 5.02 Å². The van der Waals surface area contributed by atoms with Crippen LogP contribution in [0.5, 0.6) is 0 Å². The van der Waals surface area contributed by atoms with Crippen molar-refractivity contribution < 1.29 is 13.9 Å². The van der Waals surface area contributed by atoms with Crippen molar-refractivity contribution in [3.8, 4) is 0 Å². The largest absolute Gasteiger partial charge is 0.377 e. The molecule has 3 fully saturated rings. The molecule has 3 saturated heterocycles. The molecule has 4 nitrogen and oxygen atoms in total. The highest BCUT2D eigenvalue weighted by atomic mass is 35.5. The van der Waals surface area contributed by atoms with Gasteiger partial charge >= 0.3 is 0 Å². The lowest BCUT2D eigenvalue weighted by molar-refractivity contribution is 0.0339. The molecule has 0 saturated carbocycles. The van der Waals surface area contributed by atoms with Gasteiger partial charge in [-0.1, -0.05) is 11.6 Å². The molecule has 148 valence electrons. The van der Waals surface area contributed by atoms with Gasteiger partial charge in [0.1, 0.15) is 5.82 Å². The standard InChI is InChI=1S/C21H28ClFN2O2/c22-18-6-5-16(14-19(18)23)20(26)24-10-2-7-21(9-12-24)8-3-11-25(21)15-17-4-1-13-27-17/h5-6,14,17H,1-4,7-13,15H2. The van der Waals surface area contributed by atoms with Crippen LogP contribution in [0.3, 0.4) is 0 Å². The van der Waals surface area contributed by atoms with E-state index in [1.807, 2.05) is 4.90 Å². The van der Waals surface area contributed by atoms with Crippen molar-refractivity contribution in [1.29, 1.82) is 0 Å². The predicted octanol–water partition coefficient (Wildman–Crippen LogP) is 4.12. The van der Waals surface area contributed by atoms with Crippen molar-refractivity contribution in [1.82, 2.24) is 9.80 Å². The number of amides is 1. The molecule has 2 atom stereocenters. The summed E-state index contributed by atoms with van der Waals surface area (Å²) in [4.78, 5) is 17.4. The number of nitrogens with zero attached hydrogens (tertiary/aromatic N) is 2. The Morgan fingerprint density at radius 3 is 2.74 bits per heavy atom. The molecule has 3 heterocycles. The van der Waals surface area contributed by atoms with E-state index in [0.717, 1.165) is 52.0 Å². The van der Waals surface area contributed by atoms with Crippen molar-refractivity contribution in [3.05, 3.63) is 34.6 Å². The second-order valence-corrected chi connectivity index (χ2v) is 8.59. The van der Waals surface area contributed by atoms with Crippen LogP contribution >= 0.6 is 11.6 Å². The van der Waals surface area contributed by atoms with Gasteiger partial charge < -0.3 is 9.64 Å². The molecule has 1 amide bonds. The zero-order valence-corrected chi connectivity index (χ0v) is 16.5. The summed E-state index contributed by atoms with van der Waals surface area (Å²) in [6.45, 7) is 4.52. The minimum atomic E-state index is -0.535. The van der Waals surface area contributed by atoms with Gasteiger partial charge in [0.25, 0.3) is 5.91 Å². The number of halogens is 2. The molecule has 0 aromatic heterocycles. The number of rotatable bonds is 3. The second kappa shape index (κ2) is 8.06. The zero-order chi connectivity index (χ0) is 18.9. The van der Waals surface area contributed by atoms with Crippen LogP contribution in [0, 0.1) is 5.82 Å². The summed E-state index contributed by atoms with van der Waals surface area (Å²) in [6.07, 6.45) is 8.24. The molecule has 6 heteroatoms. The molecule has 0 N–H and O–H groups in total. The molecule has 3 aliphatic heterocycles. The molecule has 0 aliphatic carbocycles. The molecular weight excluding hydrogens is 367 g/mol. The lowest BCUT2D eigenvalue weighted by Gasteiger charge is -2.39. The van der Waals surface area contributed by atoms with E-state index in [2.05, 4.69) is 4.90 Å². The molecule has 2 unspecified atom stereocenters. The highest BCUT2D eigenvalue weighted by molar-refractivity contribution is 6.30. The van der Waals surface area contributed by atoms with Gasteiger partial charge in [-0.15, -0.1) is 0 Å². The van der Waals surface area contributed by atoms with Gasteiger partial charge in [-0.3, -0.25) is 9.69 Å². The van der Waals surface area contributed by atoms with Gasteiger partial charge in [-0.2, -0.15) is 0 Å². The van der Waals surface area contributed by atoms with Gasteiger partial charge in [0, 0.05) is 37.3 Å². The average molecular weight is 395 g/mol. The molecule has 1 aromatic rings. The van der Waals surface area contributed by atoms with Crippen molar-refractivity contribution >= 4 is 17.5 Å². The molecular formula is C21H28ClFN2O2. The van der Waals surface area contributed by atoms with Crippen LogP contribution in [0.15, 0.2) is 18.2 Å². The Kier molecular flexibility index (Phi) is 5.72. The first-order chi connectivity index (χ1) is 13.1. The maximum Gasteiger partial charge on any atom is 0.253 e. The normalized spacial score (nSPS) is 29.4. The fourth-order valence-electron chi connectivity index (χ4n) is 5.07. The number of hydrogen-bond donors (Lipinski definition) is 0. The highest BCUT2D eigenvalue weighted by Gasteiger charge is 2.43. The Morgan fingerprint density at radius 1 is 1.19 bits per heavy atom. The number of hydrogen-bond acceptors (Lipinski definition) is 3. The Labute approximate surface area is 165 Å². The summed E-state index contributed by atoms with van der Waals surface area (Å²) in [5, 5.41) is 0.0529. The van der Waals surface area contributed by atoms with Gasteiger partial charge in [0.05, 0.1) is 11.1 Å². The average Bonchev–Trinajstić information content (AvgIpc) is 3.25. The van der Waals surface area contributed by atoms with Crippen LogP contribution in [0.1, 0.15) is 55.3 Å². The quantitative estimate of drug-likeness (QED) is 0.773. The monoisotopic (exact) mass is 394 g/mol. The molecule has 3 aliphatic rings. The highest BCUT2D eigenvalue weighted by Crippen LogP contribution is 2.39. The van der Waals surface area contributed by atoms with Gasteiger partial charge in [-0.05, 0) is 69.7 Å². The zero-order valence-electron chi connectivity index (χ0n) is 15.8. The maximum absolute atomic E-state index is 13.8. The summed E-state index contributed by atoms with van der Waals surface area (Å²) in [6, 6.07) is 4.34. The summed E-state index contributed by atoms with van der Waals surface area (Å²) < 4.78 is 19.6. The van der Waals surface area contributed by atoms with E-state index < -0.39 is 5.82 Å². The Bertz CT molecular complexity index is 695. The first-order valence-corrected chi connectivity index (χ1v) is 10.6. The van der Waals surface area contributed by atoms with E-state index in [4.69, 9.17) is 16.3 Å². The second-order valence-electron chi connectivity index (χ2n) is 8.18. The van der Waals surface area contributed by atoms with E-state index in [0.29, 0.717) is 11.7 Å². The summed E-state index contributed by atoms with van der Waals surface area (Å²) in [7, 11) is 0. The van der Waals surface area contributed by atoms with Crippen LogP contribution < -0.4 is 0 Å². The number of carbonyl (C=O) groups is 1. The summed E-state index contributed by atoms with van der Waals surface area (Å²) >= 11 is 5.75. The fourth-order valence-corrected chi connectivity index (χ4v) is 5.19. The molecule has 1 spiro atoms. The van der Waals surface area contributed by atoms with E-state index in [-0.39, 0.29) is 16.5 Å². The molecule has 0 radical (unpaired) electrons. The topological polar surface area (TPSA) is 32.8 Å². The Balaban J connectivity index is 1.43. The Morgan fingerprint density at radius 2 is 2.00 bits per heavy atom. The van der Waals surface area contributed by atoms with Crippen LogP contribution in [-0.4, -0.2) is 60.1 Å². The first kappa shape index (κ1) is 19.2. The van der Waals surface area contributed by atoms with Crippen molar-refractivity contribution in [2.24, 2.45) is 0 Å². The lowest BCUT2D eigenvalue weighted by Crippen LogP contribution is -2.47. The molecule has 1 aromatic carbocycles. The van der Waals surface area contributed by atoms with E-state index >= 15 is 0 Å². The van der Waals surface area contributed by atoms with Crippen molar-refractivity contribution in [3.63, 3.8) is 0 Å². The maximum atomic E-state index is 13.8. The van der Waals surface area contributed by atoms with Crippen molar-refractivity contribution in [2.75, 3.05) is 32.8 Å². The summed E-state index contributed by atoms with van der Waals surface area (Å²) in [5.41, 5.74) is 0.585. The first-order valence-electron chi connectivity index (χ1n) is 10.2. The van der Waals surface area contributed by atoms with Crippen LogP contribution in [-0.2, 0) is 4.74 Å². The SMILES string of the molecule is O=C(c1ccc(Cl)c(F)c1)N1CCCC2(CCCN2CC2CCCO2)CC1. The molecule has 4 rings (SSSR count). The van der Waals surface area contributed by atoms with Crippen LogP contribution in [0.25, 0.3) is 0 Å². The van der Waals surface area contributed by atoms with Crippen molar-refractivity contribution in [2.45, 2.75) is 56.6 Å². The van der Waals surface area contributed by atoms with Gasteiger partial charge in [0.2, 0.25) is 0 Å². The van der Waals surface area contributed by atoms with E-state index in [9.17, 15) is 9.18 Å². The number of benzene rings is 1. The van der Waals surface area contributed by atoms with Gasteiger partial charge in [0.15, 0.2) is 0 Å². The van der Waals surface area contributed by atoms with Crippen LogP contribution in [0.4, 0.5) is 4.39 Å². The fraction of sp³-hybridized carbons (Fsp3) is 0.667. The van der Waals surface area contributed by atoms with E-state index in [1.54, 1.807) is 6.07 Å². The molecule has 0 bridgehead atoms. The third-order valence-electron chi connectivity index (χ3n) is 6.56. The minimum Gasteiger partial charge on any atom is -0.377 e. The number of carbonyl (C=O) groups excluding carboxylic acids is 1. The smallest absolute Gasteiger partial charge is 0.253 e. The summed E-state index contributed by atoms with van der Waals surface area (Å²) in [5.74, 6) is -0.626. The molecule has 27 heavy (non-hydrogen) atoms. The Hall–Kier alpha value is -1.17.